The third-order valence-electron chi connectivity index (χ3n) is 4.93. The van der Waals surface area contributed by atoms with Crippen LogP contribution in [0.4, 0.5) is 10.5 Å². The molecule has 24 heavy (non-hydrogen) atoms. The molecule has 0 atom stereocenters. The number of methoxy groups -OCH3 is 1. The lowest BCUT2D eigenvalue weighted by molar-refractivity contribution is -0.132. The van der Waals surface area contributed by atoms with Crippen molar-refractivity contribution in [3.8, 4) is 5.75 Å². The van der Waals surface area contributed by atoms with Crippen molar-refractivity contribution in [2.45, 2.75) is 19.8 Å². The molecule has 1 aromatic carbocycles. The van der Waals surface area contributed by atoms with Crippen molar-refractivity contribution >= 4 is 17.6 Å². The first-order valence-corrected chi connectivity index (χ1v) is 8.57. The summed E-state index contributed by atoms with van der Waals surface area (Å²) < 4.78 is 5.34. The number of benzene rings is 1. The Balaban J connectivity index is 1.63. The van der Waals surface area contributed by atoms with Crippen molar-refractivity contribution in [1.82, 2.24) is 9.80 Å². The molecule has 2 fully saturated rings. The van der Waals surface area contributed by atoms with E-state index in [4.69, 9.17) is 4.74 Å². The number of carbonyl (C=O) groups excluding carboxylic acids is 2. The zero-order valence-electron chi connectivity index (χ0n) is 14.4. The first-order valence-electron chi connectivity index (χ1n) is 8.57. The van der Waals surface area contributed by atoms with Gasteiger partial charge in [0, 0.05) is 26.2 Å². The fourth-order valence-corrected chi connectivity index (χ4v) is 3.33. The second-order valence-electron chi connectivity index (χ2n) is 6.59. The number of amides is 3. The van der Waals surface area contributed by atoms with E-state index in [1.54, 1.807) is 16.9 Å². The van der Waals surface area contributed by atoms with Gasteiger partial charge in [-0.05, 0) is 30.9 Å². The van der Waals surface area contributed by atoms with Crippen molar-refractivity contribution in [3.63, 3.8) is 0 Å². The number of hydrogen-bond donors (Lipinski definition) is 0. The molecule has 3 amide bonds. The molecule has 0 radical (unpaired) electrons. The second-order valence-corrected chi connectivity index (χ2v) is 6.59. The van der Waals surface area contributed by atoms with Crippen LogP contribution in [0.15, 0.2) is 24.3 Å². The summed E-state index contributed by atoms with van der Waals surface area (Å²) >= 11 is 0. The largest absolute Gasteiger partial charge is 0.495 e. The molecule has 0 unspecified atom stereocenters. The quantitative estimate of drug-likeness (QED) is 0.850. The lowest BCUT2D eigenvalue weighted by Crippen LogP contribution is -2.45. The topological polar surface area (TPSA) is 53.1 Å². The first-order chi connectivity index (χ1) is 11.6. The highest BCUT2D eigenvalue weighted by Gasteiger charge is 2.33. The molecule has 0 bridgehead atoms. The van der Waals surface area contributed by atoms with Crippen LogP contribution in [0.25, 0.3) is 0 Å². The van der Waals surface area contributed by atoms with E-state index in [0.29, 0.717) is 24.8 Å². The average molecular weight is 331 g/mol. The van der Waals surface area contributed by atoms with Crippen LogP contribution in [-0.4, -0.2) is 61.6 Å². The highest BCUT2D eigenvalue weighted by atomic mass is 16.5. The maximum atomic E-state index is 12.7. The summed E-state index contributed by atoms with van der Waals surface area (Å²) in [5, 5.41) is 0. The number of hydrogen-bond acceptors (Lipinski definition) is 3. The molecular formula is C18H25N3O3. The van der Waals surface area contributed by atoms with Gasteiger partial charge < -0.3 is 14.5 Å². The van der Waals surface area contributed by atoms with Gasteiger partial charge in [-0.2, -0.15) is 0 Å². The molecule has 130 valence electrons. The summed E-state index contributed by atoms with van der Waals surface area (Å²) in [6.07, 6.45) is 2.10. The predicted octanol–water partition coefficient (Wildman–Crippen LogP) is 2.20. The summed E-state index contributed by atoms with van der Waals surface area (Å²) in [7, 11) is 1.60. The van der Waals surface area contributed by atoms with Gasteiger partial charge in [-0.3, -0.25) is 9.69 Å². The van der Waals surface area contributed by atoms with Gasteiger partial charge in [-0.15, -0.1) is 0 Å². The minimum Gasteiger partial charge on any atom is -0.495 e. The van der Waals surface area contributed by atoms with Gasteiger partial charge in [0.25, 0.3) is 0 Å². The Labute approximate surface area is 143 Å². The van der Waals surface area contributed by atoms with Crippen LogP contribution in [0.3, 0.4) is 0 Å². The Morgan fingerprint density at radius 2 is 1.88 bits per heavy atom. The average Bonchev–Trinajstić information content (AvgIpc) is 2.96. The standard InChI is InChI=1S/C18H25N3O3/c1-14-7-9-19(10-8-14)17(22)13-20-11-12-21(18(20)23)15-5-3-4-6-16(15)24-2/h3-6,14H,7-13H2,1-2H3. The van der Waals surface area contributed by atoms with Crippen LogP contribution in [0.5, 0.6) is 5.75 Å². The summed E-state index contributed by atoms with van der Waals surface area (Å²) in [6, 6.07) is 7.34. The number of carbonyl (C=O) groups is 2. The number of anilines is 1. The summed E-state index contributed by atoms with van der Waals surface area (Å²) in [5.74, 6) is 1.41. The molecule has 2 heterocycles. The Morgan fingerprint density at radius 1 is 1.17 bits per heavy atom. The van der Waals surface area contributed by atoms with Crippen LogP contribution in [0, 0.1) is 5.92 Å². The van der Waals surface area contributed by atoms with Crippen LogP contribution in [0.1, 0.15) is 19.8 Å². The third-order valence-corrected chi connectivity index (χ3v) is 4.93. The number of nitrogens with zero attached hydrogens (tertiary/aromatic N) is 3. The molecule has 0 saturated carbocycles. The SMILES string of the molecule is COc1ccccc1N1CCN(CC(=O)N2CCC(C)CC2)C1=O. The van der Waals surface area contributed by atoms with Gasteiger partial charge in [0.1, 0.15) is 12.3 Å². The third kappa shape index (κ3) is 3.32. The van der Waals surface area contributed by atoms with E-state index >= 15 is 0 Å². The highest BCUT2D eigenvalue weighted by molar-refractivity contribution is 5.97. The number of urea groups is 1. The number of rotatable bonds is 4. The van der Waals surface area contributed by atoms with E-state index in [0.717, 1.165) is 31.6 Å². The van der Waals surface area contributed by atoms with Crippen molar-refractivity contribution in [2.75, 3.05) is 44.7 Å². The molecule has 6 nitrogen and oxygen atoms in total. The van der Waals surface area contributed by atoms with E-state index in [1.807, 2.05) is 29.2 Å². The predicted molar refractivity (Wildman–Crippen MR) is 92.3 cm³/mol. The maximum Gasteiger partial charge on any atom is 0.325 e. The Kier molecular flexibility index (Phi) is 4.92. The molecule has 0 N–H and O–H groups in total. The van der Waals surface area contributed by atoms with E-state index in [2.05, 4.69) is 6.92 Å². The maximum absolute atomic E-state index is 12.7. The summed E-state index contributed by atoms with van der Waals surface area (Å²) in [6.45, 7) is 5.13. The smallest absolute Gasteiger partial charge is 0.325 e. The van der Waals surface area contributed by atoms with Gasteiger partial charge in [0.05, 0.1) is 12.8 Å². The van der Waals surface area contributed by atoms with Crippen LogP contribution in [0.2, 0.25) is 0 Å². The lowest BCUT2D eigenvalue weighted by atomic mass is 9.99. The van der Waals surface area contributed by atoms with Gasteiger partial charge in [-0.1, -0.05) is 19.1 Å². The molecule has 1 aromatic rings. The van der Waals surface area contributed by atoms with Gasteiger partial charge in [-0.25, -0.2) is 4.79 Å². The van der Waals surface area contributed by atoms with Gasteiger partial charge in [0.2, 0.25) is 5.91 Å². The van der Waals surface area contributed by atoms with Gasteiger partial charge in [0.15, 0.2) is 0 Å². The van der Waals surface area contributed by atoms with E-state index < -0.39 is 0 Å². The fourth-order valence-electron chi connectivity index (χ4n) is 3.33. The zero-order valence-corrected chi connectivity index (χ0v) is 14.4. The van der Waals surface area contributed by atoms with E-state index in [-0.39, 0.29) is 18.5 Å². The molecule has 0 spiro atoms. The van der Waals surface area contributed by atoms with E-state index in [1.165, 1.54) is 0 Å². The number of ether oxygens (including phenoxy) is 1. The Hall–Kier alpha value is -2.24. The second kappa shape index (κ2) is 7.11. The van der Waals surface area contributed by atoms with E-state index in [9.17, 15) is 9.59 Å². The number of likely N-dealkylation sites (tertiary alicyclic amines) is 1. The Bertz CT molecular complexity index is 611. The molecule has 2 saturated heterocycles. The van der Waals surface area contributed by atoms with Crippen molar-refractivity contribution in [1.29, 1.82) is 0 Å². The molecule has 6 heteroatoms. The number of para-hydroxylation sites is 2. The first kappa shape index (κ1) is 16.6. The van der Waals surface area contributed by atoms with Crippen molar-refractivity contribution in [3.05, 3.63) is 24.3 Å². The fraction of sp³-hybridized carbons (Fsp3) is 0.556. The number of piperidine rings is 1. The molecule has 2 aliphatic heterocycles. The van der Waals surface area contributed by atoms with Crippen molar-refractivity contribution in [2.24, 2.45) is 5.92 Å². The molecule has 0 aromatic heterocycles. The normalized spacial score (nSPS) is 19.1. The lowest BCUT2D eigenvalue weighted by Gasteiger charge is -2.31. The Morgan fingerprint density at radius 3 is 2.58 bits per heavy atom. The van der Waals surface area contributed by atoms with Crippen LogP contribution >= 0.6 is 0 Å². The summed E-state index contributed by atoms with van der Waals surface area (Å²) in [4.78, 5) is 30.3. The van der Waals surface area contributed by atoms with Crippen LogP contribution in [-0.2, 0) is 4.79 Å². The summed E-state index contributed by atoms with van der Waals surface area (Å²) in [5.41, 5.74) is 0.756. The monoisotopic (exact) mass is 331 g/mol. The minimum atomic E-state index is -0.127. The molecule has 0 aliphatic carbocycles. The zero-order chi connectivity index (χ0) is 17.1. The van der Waals surface area contributed by atoms with Gasteiger partial charge >= 0.3 is 6.03 Å². The van der Waals surface area contributed by atoms with Crippen LogP contribution < -0.4 is 9.64 Å². The highest BCUT2D eigenvalue weighted by Crippen LogP contribution is 2.30. The molecular weight excluding hydrogens is 306 g/mol. The minimum absolute atomic E-state index is 0.0529. The molecule has 2 aliphatic rings. The van der Waals surface area contributed by atoms with Crippen molar-refractivity contribution < 1.29 is 14.3 Å². The molecule has 3 rings (SSSR count).